The van der Waals surface area contributed by atoms with Gasteiger partial charge >= 0.3 is 0 Å². The molecule has 0 atom stereocenters. The molecule has 2 aromatic rings. The zero-order chi connectivity index (χ0) is 20.1. The highest BCUT2D eigenvalue weighted by Gasteiger charge is 2.20. The summed E-state index contributed by atoms with van der Waals surface area (Å²) in [6.07, 6.45) is 0.960. The predicted molar refractivity (Wildman–Crippen MR) is 114 cm³/mol. The second-order valence-corrected chi connectivity index (χ2v) is 7.91. The van der Waals surface area contributed by atoms with Gasteiger partial charge in [-0.25, -0.2) is 0 Å². The van der Waals surface area contributed by atoms with Gasteiger partial charge in [-0.15, -0.1) is 10.2 Å². The third-order valence-corrected chi connectivity index (χ3v) is 5.41. The van der Waals surface area contributed by atoms with Crippen molar-refractivity contribution in [1.29, 1.82) is 0 Å². The van der Waals surface area contributed by atoms with E-state index in [9.17, 15) is 4.79 Å². The van der Waals surface area contributed by atoms with Crippen molar-refractivity contribution in [2.75, 3.05) is 42.5 Å². The maximum absolute atomic E-state index is 12.1. The van der Waals surface area contributed by atoms with Gasteiger partial charge in [-0.3, -0.25) is 4.79 Å². The number of nitrogens with one attached hydrogen (secondary N) is 1. The molecule has 0 unspecified atom stereocenters. The fraction of sp³-hybridized carbons (Fsp3) is 0.500. The lowest BCUT2D eigenvalue weighted by atomic mass is 10.1. The zero-order valence-corrected chi connectivity index (χ0v) is 17.4. The van der Waals surface area contributed by atoms with E-state index in [4.69, 9.17) is 0 Å². The summed E-state index contributed by atoms with van der Waals surface area (Å²) in [4.78, 5) is 16.8. The van der Waals surface area contributed by atoms with Gasteiger partial charge in [-0.2, -0.15) is 0 Å². The second-order valence-electron chi connectivity index (χ2n) is 7.91. The third kappa shape index (κ3) is 4.80. The highest BCUT2D eigenvalue weighted by Crippen LogP contribution is 2.24. The molecule has 0 spiro atoms. The molecule has 6 nitrogen and oxygen atoms in total. The molecule has 1 amide bonds. The topological polar surface area (TPSA) is 61.4 Å². The Morgan fingerprint density at radius 2 is 1.75 bits per heavy atom. The van der Waals surface area contributed by atoms with Crippen LogP contribution in [0.15, 0.2) is 30.3 Å². The van der Waals surface area contributed by atoms with E-state index in [2.05, 4.69) is 71.2 Å². The number of carbonyl (C=O) groups excluding carboxylic acids is 1. The molecule has 1 aliphatic rings. The summed E-state index contributed by atoms with van der Waals surface area (Å²) in [5, 5.41) is 11.3. The van der Waals surface area contributed by atoms with Gasteiger partial charge in [0.15, 0.2) is 11.5 Å². The molecule has 1 saturated heterocycles. The van der Waals surface area contributed by atoms with Crippen LogP contribution in [0.5, 0.6) is 0 Å². The van der Waals surface area contributed by atoms with Crippen LogP contribution >= 0.6 is 0 Å². The standard InChI is InChI=1S/C22H31N5O/c1-16(2)10-11-23-22(28)19-8-9-21(25-24-19)27-14-12-26(13-15-27)20-7-5-6-17(3)18(20)4/h5-9,16H,10-15H2,1-4H3,(H,23,28). The zero-order valence-electron chi connectivity index (χ0n) is 17.4. The van der Waals surface area contributed by atoms with Crippen molar-refractivity contribution in [3.8, 4) is 0 Å². The molecule has 6 heteroatoms. The monoisotopic (exact) mass is 381 g/mol. The Hall–Kier alpha value is -2.63. The fourth-order valence-corrected chi connectivity index (χ4v) is 3.43. The number of amides is 1. The maximum atomic E-state index is 12.1. The smallest absolute Gasteiger partial charge is 0.271 e. The number of aromatic nitrogens is 2. The van der Waals surface area contributed by atoms with Gasteiger partial charge in [0.2, 0.25) is 0 Å². The van der Waals surface area contributed by atoms with Crippen molar-refractivity contribution in [3.05, 3.63) is 47.2 Å². The van der Waals surface area contributed by atoms with Crippen molar-refractivity contribution in [2.24, 2.45) is 5.92 Å². The first-order valence-electron chi connectivity index (χ1n) is 10.1. The van der Waals surface area contributed by atoms with Crippen LogP contribution in [-0.4, -0.2) is 48.8 Å². The van der Waals surface area contributed by atoms with E-state index < -0.39 is 0 Å². The summed E-state index contributed by atoms with van der Waals surface area (Å²) in [7, 11) is 0. The Morgan fingerprint density at radius 1 is 1.04 bits per heavy atom. The van der Waals surface area contributed by atoms with Crippen molar-refractivity contribution >= 4 is 17.4 Å². The van der Waals surface area contributed by atoms with Crippen LogP contribution in [-0.2, 0) is 0 Å². The molecule has 28 heavy (non-hydrogen) atoms. The lowest BCUT2D eigenvalue weighted by molar-refractivity contribution is 0.0946. The summed E-state index contributed by atoms with van der Waals surface area (Å²) in [5.74, 6) is 1.25. The molecule has 2 heterocycles. The molecule has 0 saturated carbocycles. The molecular weight excluding hydrogens is 350 g/mol. The van der Waals surface area contributed by atoms with Crippen molar-refractivity contribution in [1.82, 2.24) is 15.5 Å². The van der Waals surface area contributed by atoms with Gasteiger partial charge in [0, 0.05) is 38.4 Å². The Balaban J connectivity index is 1.56. The molecular formula is C22H31N5O. The minimum Gasteiger partial charge on any atom is -0.368 e. The summed E-state index contributed by atoms with van der Waals surface area (Å²) < 4.78 is 0. The minimum absolute atomic E-state index is 0.153. The second kappa shape index (κ2) is 9.04. The SMILES string of the molecule is Cc1cccc(N2CCN(c3ccc(C(=O)NCCC(C)C)nn3)CC2)c1C. The van der Waals surface area contributed by atoms with E-state index in [1.807, 2.05) is 6.07 Å². The van der Waals surface area contributed by atoms with Crippen LogP contribution in [0.25, 0.3) is 0 Å². The van der Waals surface area contributed by atoms with Gasteiger partial charge in [0.1, 0.15) is 0 Å². The molecule has 150 valence electrons. The van der Waals surface area contributed by atoms with Crippen LogP contribution < -0.4 is 15.1 Å². The van der Waals surface area contributed by atoms with E-state index in [1.54, 1.807) is 6.07 Å². The number of benzene rings is 1. The largest absolute Gasteiger partial charge is 0.368 e. The predicted octanol–water partition coefficient (Wildman–Crippen LogP) is 3.20. The summed E-state index contributed by atoms with van der Waals surface area (Å²) in [6, 6.07) is 10.2. The number of hydrogen-bond donors (Lipinski definition) is 1. The summed E-state index contributed by atoms with van der Waals surface area (Å²) in [5.41, 5.74) is 4.37. The molecule has 3 rings (SSSR count). The molecule has 1 aromatic heterocycles. The number of hydrogen-bond acceptors (Lipinski definition) is 5. The Bertz CT molecular complexity index is 795. The molecule has 0 bridgehead atoms. The maximum Gasteiger partial charge on any atom is 0.271 e. The van der Waals surface area contributed by atoms with Gasteiger partial charge in [0.05, 0.1) is 0 Å². The van der Waals surface area contributed by atoms with Crippen molar-refractivity contribution in [2.45, 2.75) is 34.1 Å². The minimum atomic E-state index is -0.153. The third-order valence-electron chi connectivity index (χ3n) is 5.41. The van der Waals surface area contributed by atoms with Gasteiger partial charge < -0.3 is 15.1 Å². The van der Waals surface area contributed by atoms with Crippen LogP contribution in [0.2, 0.25) is 0 Å². The van der Waals surface area contributed by atoms with E-state index in [0.29, 0.717) is 18.2 Å². The summed E-state index contributed by atoms with van der Waals surface area (Å²) in [6.45, 7) is 13.0. The fourth-order valence-electron chi connectivity index (χ4n) is 3.43. The lowest BCUT2D eigenvalue weighted by Gasteiger charge is -2.37. The van der Waals surface area contributed by atoms with E-state index >= 15 is 0 Å². The Kier molecular flexibility index (Phi) is 6.49. The highest BCUT2D eigenvalue weighted by atomic mass is 16.1. The quantitative estimate of drug-likeness (QED) is 0.833. The normalized spacial score (nSPS) is 14.5. The van der Waals surface area contributed by atoms with Crippen molar-refractivity contribution < 1.29 is 4.79 Å². The number of carbonyl (C=O) groups is 1. The average molecular weight is 382 g/mol. The van der Waals surface area contributed by atoms with Crippen LogP contribution in [0, 0.1) is 19.8 Å². The molecule has 0 radical (unpaired) electrons. The molecule has 1 aliphatic heterocycles. The van der Waals surface area contributed by atoms with Gasteiger partial charge in [-0.05, 0) is 55.5 Å². The van der Waals surface area contributed by atoms with Gasteiger partial charge in [-0.1, -0.05) is 26.0 Å². The Labute approximate surface area is 168 Å². The molecule has 1 N–H and O–H groups in total. The van der Waals surface area contributed by atoms with Crippen LogP contribution in [0.4, 0.5) is 11.5 Å². The number of nitrogens with zero attached hydrogens (tertiary/aromatic N) is 4. The first-order valence-corrected chi connectivity index (χ1v) is 10.1. The van der Waals surface area contributed by atoms with Crippen LogP contribution in [0.3, 0.4) is 0 Å². The molecule has 1 fully saturated rings. The first-order chi connectivity index (χ1) is 13.5. The number of piperazine rings is 1. The van der Waals surface area contributed by atoms with E-state index in [0.717, 1.165) is 38.4 Å². The number of anilines is 2. The Morgan fingerprint density at radius 3 is 2.39 bits per heavy atom. The number of rotatable bonds is 6. The number of aryl methyl sites for hydroxylation is 1. The van der Waals surface area contributed by atoms with Crippen molar-refractivity contribution in [3.63, 3.8) is 0 Å². The first kappa shape index (κ1) is 20.1. The molecule has 1 aromatic carbocycles. The molecule has 0 aliphatic carbocycles. The lowest BCUT2D eigenvalue weighted by Crippen LogP contribution is -2.47. The highest BCUT2D eigenvalue weighted by molar-refractivity contribution is 5.92. The summed E-state index contributed by atoms with van der Waals surface area (Å²) >= 11 is 0. The van der Waals surface area contributed by atoms with Gasteiger partial charge in [0.25, 0.3) is 5.91 Å². The van der Waals surface area contributed by atoms with E-state index in [1.165, 1.54) is 16.8 Å². The van der Waals surface area contributed by atoms with E-state index in [-0.39, 0.29) is 5.91 Å². The average Bonchev–Trinajstić information content (AvgIpc) is 2.70. The van der Waals surface area contributed by atoms with Crippen LogP contribution in [0.1, 0.15) is 41.9 Å².